The Morgan fingerprint density at radius 1 is 0.688 bits per heavy atom. The normalized spacial score (nSPS) is 19.3. The van der Waals surface area contributed by atoms with Crippen LogP contribution in [0.25, 0.3) is 27.5 Å². The maximum Gasteiger partial charge on any atom is 4.00 e. The first-order chi connectivity index (χ1) is 22.3. The minimum Gasteiger partial charge on any atom is -0.508 e. The van der Waals surface area contributed by atoms with Crippen LogP contribution in [-0.2, 0) is 31.9 Å². The van der Waals surface area contributed by atoms with E-state index in [4.69, 9.17) is 0 Å². The van der Waals surface area contributed by atoms with E-state index in [9.17, 15) is 0 Å². The molecule has 5 aromatic rings. The van der Waals surface area contributed by atoms with E-state index in [-0.39, 0.29) is 26.5 Å². The first-order valence-electron chi connectivity index (χ1n) is 16.6. The number of fused-ring (bicyclic) bond motifs is 5. The zero-order valence-corrected chi connectivity index (χ0v) is 31.8. The molecule has 5 nitrogen and oxygen atoms in total. The van der Waals surface area contributed by atoms with Gasteiger partial charge in [0.05, 0.1) is 0 Å². The van der Waals surface area contributed by atoms with E-state index in [0.717, 1.165) is 22.5 Å². The van der Waals surface area contributed by atoms with Gasteiger partial charge in [-0.2, -0.15) is 37.1 Å². The molecule has 0 saturated carbocycles. The van der Waals surface area contributed by atoms with Gasteiger partial charge in [-0.15, -0.1) is 40.7 Å². The Bertz CT molecular complexity index is 2200. The van der Waals surface area contributed by atoms with Crippen molar-refractivity contribution in [1.29, 1.82) is 0 Å². The Balaban J connectivity index is 0.00000364. The summed E-state index contributed by atoms with van der Waals surface area (Å²) in [6.45, 7) is 22.4. The molecule has 1 unspecified atom stereocenters. The summed E-state index contributed by atoms with van der Waals surface area (Å²) >= 11 is 0. The number of hydrogen-bond donors (Lipinski definition) is 0. The topological polar surface area (TPSA) is 17.9 Å². The molecule has 1 aromatic heterocycles. The molecule has 3 aliphatic heterocycles. The van der Waals surface area contributed by atoms with E-state index >= 15 is 0 Å². The Labute approximate surface area is 300 Å². The average molecular weight is 813 g/mol. The number of rotatable bonds is 3. The van der Waals surface area contributed by atoms with E-state index < -0.39 is 5.41 Å². The first kappa shape index (κ1) is 32.6. The van der Waals surface area contributed by atoms with Gasteiger partial charge in [-0.05, 0) is 70.2 Å². The maximum absolute atomic E-state index is 4.03. The molecule has 0 spiro atoms. The second-order valence-electron chi connectivity index (χ2n) is 14.7. The minimum absolute atomic E-state index is 0. The standard InChI is InChI=1S/C42H43N5.Pt/c1-26-28(3)45(24-43(26)9)32-18-19-39-37(23-32)42(8,36-16-13-15-35-34-14-11-12-17-38(34)47(39)40(35)36)31-20-30(41(5,6)7)21-33(22-31)46-25-44(10)27(2)29(46)4;/h11-21,24-25H,1-10H3;/q-4;+4. The second-order valence-corrected chi connectivity index (χ2v) is 14.7. The van der Waals surface area contributed by atoms with E-state index in [1.807, 2.05) is 0 Å². The van der Waals surface area contributed by atoms with Crippen molar-refractivity contribution in [2.24, 2.45) is 0 Å². The van der Waals surface area contributed by atoms with Crippen LogP contribution in [0, 0.1) is 25.5 Å². The van der Waals surface area contributed by atoms with Crippen molar-refractivity contribution in [3.63, 3.8) is 0 Å². The summed E-state index contributed by atoms with van der Waals surface area (Å²) in [7, 11) is 4.23. The number of hydrogen-bond acceptors (Lipinski definition) is 4. The molecule has 4 aromatic carbocycles. The van der Waals surface area contributed by atoms with Crippen molar-refractivity contribution in [3.8, 4) is 5.69 Å². The molecule has 8 rings (SSSR count). The van der Waals surface area contributed by atoms with Crippen molar-refractivity contribution in [3.05, 3.63) is 137 Å². The van der Waals surface area contributed by atoms with E-state index in [1.165, 1.54) is 61.4 Å². The number of allylic oxidation sites excluding steroid dienone is 4. The van der Waals surface area contributed by atoms with Gasteiger partial charge in [0.1, 0.15) is 0 Å². The van der Waals surface area contributed by atoms with Crippen molar-refractivity contribution in [2.75, 3.05) is 23.9 Å². The molecular weight excluding hydrogens is 770 g/mol. The van der Waals surface area contributed by atoms with Crippen molar-refractivity contribution in [2.45, 2.75) is 66.2 Å². The molecule has 0 bridgehead atoms. The number of nitrogens with zero attached hydrogens (tertiary/aromatic N) is 5. The molecular formula is C42H43N5Pt. The molecule has 4 heterocycles. The zero-order valence-electron chi connectivity index (χ0n) is 29.6. The molecule has 0 fully saturated rings. The van der Waals surface area contributed by atoms with Crippen LogP contribution in [0.3, 0.4) is 0 Å². The number of para-hydroxylation sites is 2. The van der Waals surface area contributed by atoms with Crippen LogP contribution < -0.4 is 9.80 Å². The fourth-order valence-corrected chi connectivity index (χ4v) is 7.69. The molecule has 0 aliphatic carbocycles. The van der Waals surface area contributed by atoms with Crippen molar-refractivity contribution in [1.82, 2.24) is 14.4 Å². The summed E-state index contributed by atoms with van der Waals surface area (Å²) in [4.78, 5) is 8.96. The fraction of sp³-hybridized carbons (Fsp3) is 0.286. The van der Waals surface area contributed by atoms with Crippen LogP contribution in [0.2, 0.25) is 0 Å². The third-order valence-corrected chi connectivity index (χ3v) is 11.1. The summed E-state index contributed by atoms with van der Waals surface area (Å²) in [6.07, 6.45) is 0. The predicted octanol–water partition coefficient (Wildman–Crippen LogP) is 9.59. The SMILES string of the molecule is CC1=C(C)N(c2[c-]c3c(cc2)-n2c4ccccc4c4cccc(c42)C3(C)c2[c-]c(N3[CH-]N(C)C(C)=C3C)cc(C(C)(C)C)c2)[CH-]N1C.[Pt+4]. The van der Waals surface area contributed by atoms with Crippen LogP contribution in [0.15, 0.2) is 89.5 Å². The zero-order chi connectivity index (χ0) is 33.2. The van der Waals surface area contributed by atoms with Crippen LogP contribution in [0.1, 0.15) is 77.6 Å². The van der Waals surface area contributed by atoms with E-state index in [2.05, 4.69) is 186 Å². The fourth-order valence-electron chi connectivity index (χ4n) is 7.69. The maximum atomic E-state index is 4.03. The van der Waals surface area contributed by atoms with Crippen LogP contribution in [0.4, 0.5) is 11.4 Å². The summed E-state index contributed by atoms with van der Waals surface area (Å²) in [5, 5.41) is 2.55. The first-order valence-corrected chi connectivity index (χ1v) is 16.6. The Morgan fingerprint density at radius 2 is 1.31 bits per heavy atom. The minimum atomic E-state index is -0.540. The Hall–Kier alpha value is -3.95. The smallest absolute Gasteiger partial charge is 0.508 e. The third-order valence-electron chi connectivity index (χ3n) is 11.1. The molecule has 48 heavy (non-hydrogen) atoms. The van der Waals surface area contributed by atoms with Crippen molar-refractivity contribution >= 4 is 33.2 Å². The quantitative estimate of drug-likeness (QED) is 0.169. The molecule has 0 saturated heterocycles. The molecule has 0 amide bonds. The van der Waals surface area contributed by atoms with Gasteiger partial charge in [-0.25, -0.2) is 0 Å². The van der Waals surface area contributed by atoms with E-state index in [0.29, 0.717) is 0 Å². The van der Waals surface area contributed by atoms with Crippen LogP contribution >= 0.6 is 0 Å². The number of aromatic nitrogens is 1. The summed E-state index contributed by atoms with van der Waals surface area (Å²) < 4.78 is 2.47. The Kier molecular flexibility index (Phi) is 7.49. The largest absolute Gasteiger partial charge is 4.00 e. The van der Waals surface area contributed by atoms with Gasteiger partial charge in [0.2, 0.25) is 0 Å². The predicted molar refractivity (Wildman–Crippen MR) is 195 cm³/mol. The van der Waals surface area contributed by atoms with Gasteiger partial charge in [0.25, 0.3) is 0 Å². The molecule has 3 aliphatic rings. The molecule has 6 heteroatoms. The van der Waals surface area contributed by atoms with Crippen LogP contribution in [-0.4, -0.2) is 28.5 Å². The van der Waals surface area contributed by atoms with E-state index in [1.54, 1.807) is 0 Å². The Morgan fingerprint density at radius 3 is 1.94 bits per heavy atom. The summed E-state index contributed by atoms with van der Waals surface area (Å²) in [6, 6.07) is 32.9. The third kappa shape index (κ3) is 4.46. The van der Waals surface area contributed by atoms with Gasteiger partial charge in [0, 0.05) is 38.6 Å². The average Bonchev–Trinajstić information content (AvgIpc) is 3.63. The van der Waals surface area contributed by atoms with Crippen molar-refractivity contribution < 1.29 is 21.1 Å². The van der Waals surface area contributed by atoms with Gasteiger partial charge < -0.3 is 24.2 Å². The summed E-state index contributed by atoms with van der Waals surface area (Å²) in [5.74, 6) is 0. The summed E-state index contributed by atoms with van der Waals surface area (Å²) in [5.41, 5.74) is 14.9. The van der Waals surface area contributed by atoms with Gasteiger partial charge in [-0.1, -0.05) is 69.8 Å². The van der Waals surface area contributed by atoms with Gasteiger partial charge in [0.15, 0.2) is 0 Å². The number of benzene rings is 4. The van der Waals surface area contributed by atoms with Crippen LogP contribution in [0.5, 0.6) is 0 Å². The van der Waals surface area contributed by atoms with Gasteiger partial charge in [-0.3, -0.25) is 0 Å². The number of anilines is 2. The molecule has 0 N–H and O–H groups in total. The molecule has 1 atom stereocenters. The molecule has 246 valence electrons. The monoisotopic (exact) mass is 812 g/mol. The van der Waals surface area contributed by atoms with Gasteiger partial charge >= 0.3 is 21.1 Å². The molecule has 0 radical (unpaired) electrons. The second kappa shape index (κ2) is 11.0.